The van der Waals surface area contributed by atoms with Gasteiger partial charge in [0.1, 0.15) is 22.6 Å². The first-order valence-electron chi connectivity index (χ1n) is 10.7. The largest absolute Gasteiger partial charge is 0.494 e. The van der Waals surface area contributed by atoms with Gasteiger partial charge in [0.15, 0.2) is 5.65 Å². The van der Waals surface area contributed by atoms with E-state index in [9.17, 15) is 4.79 Å². The van der Waals surface area contributed by atoms with E-state index in [4.69, 9.17) is 15.5 Å². The van der Waals surface area contributed by atoms with Gasteiger partial charge in [0, 0.05) is 6.04 Å². The monoisotopic (exact) mass is 430 g/mol. The molecule has 0 aliphatic rings. The number of ether oxygens (including phenoxy) is 1. The second-order valence-corrected chi connectivity index (χ2v) is 7.49. The maximum absolute atomic E-state index is 13.0. The lowest BCUT2D eigenvalue weighted by Crippen LogP contribution is -2.32. The summed E-state index contributed by atoms with van der Waals surface area (Å²) in [6, 6.07) is 15.0. The Labute approximate surface area is 186 Å². The van der Waals surface area contributed by atoms with E-state index < -0.39 is 0 Å². The van der Waals surface area contributed by atoms with Crippen LogP contribution in [0.4, 0.5) is 5.82 Å². The summed E-state index contributed by atoms with van der Waals surface area (Å²) in [4.78, 5) is 22.4. The number of nitrogens with one attached hydrogen (secondary N) is 1. The Kier molecular flexibility index (Phi) is 6.02. The number of anilines is 1. The van der Waals surface area contributed by atoms with E-state index in [0.717, 1.165) is 17.7 Å². The first-order valence-corrected chi connectivity index (χ1v) is 10.7. The van der Waals surface area contributed by atoms with Crippen LogP contribution in [-0.2, 0) is 0 Å². The summed E-state index contributed by atoms with van der Waals surface area (Å²) in [6.07, 6.45) is 2.47. The van der Waals surface area contributed by atoms with Gasteiger partial charge in [0.2, 0.25) is 0 Å². The van der Waals surface area contributed by atoms with Crippen LogP contribution in [0.25, 0.3) is 22.2 Å². The van der Waals surface area contributed by atoms with E-state index >= 15 is 0 Å². The Bertz CT molecular complexity index is 1290. The molecule has 4 rings (SSSR count). The summed E-state index contributed by atoms with van der Waals surface area (Å²) < 4.78 is 6.95. The number of aromatic nitrogens is 3. The van der Waals surface area contributed by atoms with Crippen LogP contribution in [0.5, 0.6) is 5.75 Å². The molecular weight excluding hydrogens is 404 g/mol. The average molecular weight is 431 g/mol. The summed E-state index contributed by atoms with van der Waals surface area (Å²) in [5, 5.41) is 7.50. The number of rotatable bonds is 7. The molecular formula is C24H26N6O2. The molecule has 0 saturated heterocycles. The predicted molar refractivity (Wildman–Crippen MR) is 127 cm³/mol. The number of benzene rings is 2. The summed E-state index contributed by atoms with van der Waals surface area (Å²) in [6.45, 7) is 6.49. The third-order valence-electron chi connectivity index (χ3n) is 5.20. The molecule has 0 bridgehead atoms. The topological polar surface area (TPSA) is 107 Å². The zero-order chi connectivity index (χ0) is 22.7. The van der Waals surface area contributed by atoms with Crippen LogP contribution >= 0.6 is 0 Å². The summed E-state index contributed by atoms with van der Waals surface area (Å²) in [5.41, 5.74) is 9.78. The van der Waals surface area contributed by atoms with Gasteiger partial charge in [-0.1, -0.05) is 19.1 Å². The van der Waals surface area contributed by atoms with Crippen molar-refractivity contribution < 1.29 is 9.53 Å². The van der Waals surface area contributed by atoms with Crippen LogP contribution in [0, 0.1) is 0 Å². The summed E-state index contributed by atoms with van der Waals surface area (Å²) >= 11 is 0. The minimum Gasteiger partial charge on any atom is -0.494 e. The molecule has 2 heterocycles. The molecule has 1 atom stereocenters. The Morgan fingerprint density at radius 1 is 1.16 bits per heavy atom. The van der Waals surface area contributed by atoms with Crippen molar-refractivity contribution in [3.8, 4) is 5.75 Å². The lowest BCUT2D eigenvalue weighted by molar-refractivity contribution is 0.0941. The molecule has 0 aliphatic carbocycles. The van der Waals surface area contributed by atoms with Gasteiger partial charge in [-0.05, 0) is 62.2 Å². The van der Waals surface area contributed by atoms with Gasteiger partial charge in [-0.2, -0.15) is 9.78 Å². The third kappa shape index (κ3) is 4.12. The molecule has 4 aromatic rings. The molecule has 0 spiro atoms. The molecule has 0 radical (unpaired) electrons. The highest BCUT2D eigenvalue weighted by atomic mass is 16.5. The van der Waals surface area contributed by atoms with Crippen LogP contribution in [0.2, 0.25) is 0 Å². The van der Waals surface area contributed by atoms with Crippen molar-refractivity contribution in [1.82, 2.24) is 20.0 Å². The van der Waals surface area contributed by atoms with Crippen LogP contribution in [0.15, 0.2) is 53.6 Å². The lowest BCUT2D eigenvalue weighted by Gasteiger charge is -2.11. The van der Waals surface area contributed by atoms with Gasteiger partial charge >= 0.3 is 0 Å². The normalized spacial score (nSPS) is 12.5. The minimum atomic E-state index is -0.290. The lowest BCUT2D eigenvalue weighted by atomic mass is 10.2. The molecule has 0 saturated carbocycles. The number of amides is 1. The van der Waals surface area contributed by atoms with Crippen molar-refractivity contribution in [3.05, 3.63) is 59.7 Å². The number of fused-ring (bicyclic) bond motifs is 2. The average Bonchev–Trinajstić information content (AvgIpc) is 3.07. The van der Waals surface area contributed by atoms with E-state index in [1.807, 2.05) is 69.3 Å². The van der Waals surface area contributed by atoms with Crippen molar-refractivity contribution in [3.63, 3.8) is 0 Å². The molecule has 32 heavy (non-hydrogen) atoms. The Balaban J connectivity index is 1.82. The van der Waals surface area contributed by atoms with E-state index in [1.54, 1.807) is 6.21 Å². The molecule has 2 aromatic carbocycles. The first kappa shape index (κ1) is 21.3. The molecule has 2 aromatic heterocycles. The Morgan fingerprint density at radius 3 is 2.50 bits per heavy atom. The van der Waals surface area contributed by atoms with Gasteiger partial charge < -0.3 is 15.8 Å². The molecule has 164 valence electrons. The standard InChI is InChI=1S/C24H26N6O2/c1-4-15(3)27-24(31)20-21-23(29-19-9-7-6-8-18(19)28-21)30(22(20)25)26-14-16-10-12-17(13-11-16)32-5-2/h6-15H,4-5,25H2,1-3H3,(H,27,31)/b26-14-/t15-/m0/s1. The number of nitrogens with two attached hydrogens (primary N) is 1. The smallest absolute Gasteiger partial charge is 0.257 e. The minimum absolute atomic E-state index is 0.000992. The fourth-order valence-electron chi connectivity index (χ4n) is 3.33. The highest BCUT2D eigenvalue weighted by molar-refractivity contribution is 6.10. The van der Waals surface area contributed by atoms with Gasteiger partial charge in [0.05, 0.1) is 23.9 Å². The number of carbonyl (C=O) groups is 1. The van der Waals surface area contributed by atoms with E-state index in [-0.39, 0.29) is 23.3 Å². The third-order valence-corrected chi connectivity index (χ3v) is 5.20. The highest BCUT2D eigenvalue weighted by Gasteiger charge is 2.24. The van der Waals surface area contributed by atoms with Crippen LogP contribution in [0.3, 0.4) is 0 Å². The van der Waals surface area contributed by atoms with Crippen molar-refractivity contribution in [1.29, 1.82) is 0 Å². The van der Waals surface area contributed by atoms with Gasteiger partial charge in [-0.3, -0.25) is 4.79 Å². The molecule has 8 heteroatoms. The van der Waals surface area contributed by atoms with Crippen molar-refractivity contribution in [2.24, 2.45) is 5.10 Å². The SMILES string of the molecule is CCOc1ccc(/C=N\n2c(N)c(C(=O)N[C@@H](C)CC)c3nc4ccccc4nc32)cc1. The number of hydrogen-bond donors (Lipinski definition) is 2. The van der Waals surface area contributed by atoms with E-state index in [1.165, 1.54) is 4.68 Å². The maximum atomic E-state index is 13.0. The fraction of sp³-hybridized carbons (Fsp3) is 0.250. The number of nitrogen functional groups attached to an aromatic ring is 1. The van der Waals surface area contributed by atoms with Crippen LogP contribution in [0.1, 0.15) is 43.1 Å². The van der Waals surface area contributed by atoms with Crippen molar-refractivity contribution >= 4 is 40.1 Å². The van der Waals surface area contributed by atoms with Crippen molar-refractivity contribution in [2.75, 3.05) is 12.3 Å². The second kappa shape index (κ2) is 9.05. The summed E-state index contributed by atoms with van der Waals surface area (Å²) in [5.74, 6) is 0.691. The number of para-hydroxylation sites is 2. The zero-order valence-electron chi connectivity index (χ0n) is 18.4. The van der Waals surface area contributed by atoms with Gasteiger partial charge in [-0.25, -0.2) is 9.97 Å². The Hall–Kier alpha value is -3.94. The first-order chi connectivity index (χ1) is 15.5. The zero-order valence-corrected chi connectivity index (χ0v) is 18.4. The van der Waals surface area contributed by atoms with E-state index in [0.29, 0.717) is 28.8 Å². The molecule has 0 fully saturated rings. The molecule has 3 N–H and O–H groups in total. The van der Waals surface area contributed by atoms with Gasteiger partial charge in [0.25, 0.3) is 5.91 Å². The predicted octanol–water partition coefficient (Wildman–Crippen LogP) is 3.98. The number of hydrogen-bond acceptors (Lipinski definition) is 6. The highest BCUT2D eigenvalue weighted by Crippen LogP contribution is 2.28. The van der Waals surface area contributed by atoms with Crippen LogP contribution < -0.4 is 15.8 Å². The molecule has 0 aliphatic heterocycles. The Morgan fingerprint density at radius 2 is 1.84 bits per heavy atom. The van der Waals surface area contributed by atoms with E-state index in [2.05, 4.69) is 15.4 Å². The second-order valence-electron chi connectivity index (χ2n) is 7.49. The molecule has 1 amide bonds. The maximum Gasteiger partial charge on any atom is 0.257 e. The van der Waals surface area contributed by atoms with Crippen LogP contribution in [-0.4, -0.2) is 39.4 Å². The van der Waals surface area contributed by atoms with Crippen molar-refractivity contribution in [2.45, 2.75) is 33.2 Å². The summed E-state index contributed by atoms with van der Waals surface area (Å²) in [7, 11) is 0. The number of carbonyl (C=O) groups excluding carboxylic acids is 1. The quantitative estimate of drug-likeness (QED) is 0.431. The molecule has 8 nitrogen and oxygen atoms in total. The fourth-order valence-corrected chi connectivity index (χ4v) is 3.33. The van der Waals surface area contributed by atoms with Gasteiger partial charge in [-0.15, -0.1) is 0 Å². The molecule has 0 unspecified atom stereocenters. The number of nitrogens with zero attached hydrogens (tertiary/aromatic N) is 4.